The first-order chi connectivity index (χ1) is 8.71. The Morgan fingerprint density at radius 2 is 2.11 bits per heavy atom. The zero-order valence-corrected chi connectivity index (χ0v) is 10.0. The molecule has 106 valence electrons. The normalized spacial score (nSPS) is 15.0. The van der Waals surface area contributed by atoms with E-state index in [0.29, 0.717) is 5.56 Å². The van der Waals surface area contributed by atoms with Gasteiger partial charge in [0.05, 0.1) is 4.92 Å². The quantitative estimate of drug-likeness (QED) is 0.639. The molecule has 0 fully saturated rings. The first-order valence-electron chi connectivity index (χ1n) is 5.44. The van der Waals surface area contributed by atoms with Gasteiger partial charge in [-0.3, -0.25) is 10.1 Å². The average molecular weight is 278 g/mol. The lowest BCUT2D eigenvalue weighted by Gasteiger charge is -2.19. The molecule has 1 aromatic rings. The maximum Gasteiger partial charge on any atom is 0.415 e. The summed E-state index contributed by atoms with van der Waals surface area (Å²) in [7, 11) is 0. The van der Waals surface area contributed by atoms with Crippen LogP contribution >= 0.6 is 0 Å². The van der Waals surface area contributed by atoms with Crippen LogP contribution in [0.15, 0.2) is 24.3 Å². The Morgan fingerprint density at radius 1 is 1.47 bits per heavy atom. The van der Waals surface area contributed by atoms with Crippen molar-refractivity contribution in [3.8, 4) is 0 Å². The van der Waals surface area contributed by atoms with Crippen molar-refractivity contribution in [2.75, 3.05) is 6.54 Å². The number of benzene rings is 1. The smallest absolute Gasteiger partial charge is 0.382 e. The number of halogens is 3. The Bertz CT molecular complexity index is 451. The Hall–Kier alpha value is -1.67. The summed E-state index contributed by atoms with van der Waals surface area (Å²) >= 11 is 0. The van der Waals surface area contributed by atoms with E-state index < -0.39 is 29.8 Å². The van der Waals surface area contributed by atoms with E-state index in [4.69, 9.17) is 5.11 Å². The summed E-state index contributed by atoms with van der Waals surface area (Å²) in [5.74, 6) is 0. The van der Waals surface area contributed by atoms with Crippen LogP contribution in [0.4, 0.5) is 18.9 Å². The van der Waals surface area contributed by atoms with Crippen molar-refractivity contribution in [1.82, 2.24) is 5.32 Å². The maximum absolute atomic E-state index is 12.1. The van der Waals surface area contributed by atoms with Crippen molar-refractivity contribution in [2.45, 2.75) is 25.2 Å². The van der Waals surface area contributed by atoms with E-state index in [1.54, 1.807) is 13.0 Å². The molecular weight excluding hydrogens is 265 g/mol. The summed E-state index contributed by atoms with van der Waals surface area (Å²) in [6.45, 7) is 0.884. The van der Waals surface area contributed by atoms with Gasteiger partial charge in [0.2, 0.25) is 0 Å². The molecule has 0 saturated carbocycles. The number of nitrogens with one attached hydrogen (secondary N) is 1. The fraction of sp³-hybridized carbons (Fsp3) is 0.455. The Kier molecular flexibility index (Phi) is 4.84. The summed E-state index contributed by atoms with van der Waals surface area (Å²) in [5, 5.41) is 21.9. The molecule has 0 aliphatic heterocycles. The molecular formula is C11H13F3N2O3. The van der Waals surface area contributed by atoms with E-state index >= 15 is 0 Å². The second-order valence-electron chi connectivity index (χ2n) is 4.04. The minimum atomic E-state index is -4.69. The fourth-order valence-corrected chi connectivity index (χ4v) is 1.43. The van der Waals surface area contributed by atoms with Crippen LogP contribution in [-0.2, 0) is 0 Å². The maximum atomic E-state index is 12.1. The number of alkyl halides is 3. The van der Waals surface area contributed by atoms with Crippen molar-refractivity contribution in [3.05, 3.63) is 39.9 Å². The Balaban J connectivity index is 2.66. The van der Waals surface area contributed by atoms with E-state index in [1.165, 1.54) is 18.2 Å². The topological polar surface area (TPSA) is 75.4 Å². The Labute approximate surface area is 107 Å². The zero-order chi connectivity index (χ0) is 14.6. The summed E-state index contributed by atoms with van der Waals surface area (Å²) in [6.07, 6.45) is -7.15. The van der Waals surface area contributed by atoms with Crippen LogP contribution in [0.25, 0.3) is 0 Å². The van der Waals surface area contributed by atoms with E-state index in [0.717, 1.165) is 0 Å². The number of rotatable bonds is 5. The Morgan fingerprint density at radius 3 is 2.63 bits per heavy atom. The van der Waals surface area contributed by atoms with Gasteiger partial charge in [-0.05, 0) is 12.5 Å². The lowest BCUT2D eigenvalue weighted by molar-refractivity contribution is -0.384. The zero-order valence-electron chi connectivity index (χ0n) is 10.0. The van der Waals surface area contributed by atoms with Gasteiger partial charge in [-0.2, -0.15) is 13.2 Å². The molecule has 5 nitrogen and oxygen atoms in total. The molecule has 2 atom stereocenters. The number of aliphatic hydroxyl groups is 1. The SMILES string of the molecule is CC(NCC(O)C(F)(F)F)c1cccc([N+](=O)[O-])c1. The van der Waals surface area contributed by atoms with Gasteiger partial charge in [-0.1, -0.05) is 12.1 Å². The molecule has 1 aromatic carbocycles. The molecule has 0 bridgehead atoms. The van der Waals surface area contributed by atoms with Crippen molar-refractivity contribution >= 4 is 5.69 Å². The summed E-state index contributed by atoms with van der Waals surface area (Å²) < 4.78 is 36.3. The lowest BCUT2D eigenvalue weighted by Crippen LogP contribution is -2.39. The monoisotopic (exact) mass is 278 g/mol. The number of nitro benzene ring substituents is 1. The van der Waals surface area contributed by atoms with Crippen LogP contribution in [0, 0.1) is 10.1 Å². The standard InChI is InChI=1S/C11H13F3N2O3/c1-7(15-6-10(17)11(12,13)14)8-3-2-4-9(5-8)16(18)19/h2-5,7,10,15,17H,6H2,1H3. The molecule has 0 spiro atoms. The van der Waals surface area contributed by atoms with Crippen LogP contribution in [0.3, 0.4) is 0 Å². The molecule has 2 unspecified atom stereocenters. The molecule has 8 heteroatoms. The highest BCUT2D eigenvalue weighted by Crippen LogP contribution is 2.22. The number of nitro groups is 1. The predicted molar refractivity (Wildman–Crippen MR) is 61.6 cm³/mol. The van der Waals surface area contributed by atoms with Crippen molar-refractivity contribution < 1.29 is 23.2 Å². The molecule has 19 heavy (non-hydrogen) atoms. The van der Waals surface area contributed by atoms with Gasteiger partial charge in [-0.25, -0.2) is 0 Å². The second-order valence-corrected chi connectivity index (χ2v) is 4.04. The van der Waals surface area contributed by atoms with E-state index in [1.807, 2.05) is 0 Å². The molecule has 0 heterocycles. The van der Waals surface area contributed by atoms with Crippen molar-refractivity contribution in [3.63, 3.8) is 0 Å². The third-order valence-electron chi connectivity index (χ3n) is 2.58. The average Bonchev–Trinajstić information content (AvgIpc) is 2.34. The third-order valence-corrected chi connectivity index (χ3v) is 2.58. The van der Waals surface area contributed by atoms with Crippen LogP contribution in [0.5, 0.6) is 0 Å². The summed E-state index contributed by atoms with van der Waals surface area (Å²) in [4.78, 5) is 9.99. The highest BCUT2D eigenvalue weighted by Gasteiger charge is 2.37. The number of non-ortho nitro benzene ring substituents is 1. The number of aliphatic hydroxyl groups excluding tert-OH is 1. The summed E-state index contributed by atoms with van der Waals surface area (Å²) in [5.41, 5.74) is 0.339. The van der Waals surface area contributed by atoms with E-state index in [-0.39, 0.29) is 5.69 Å². The minimum absolute atomic E-state index is 0.137. The van der Waals surface area contributed by atoms with Crippen LogP contribution in [-0.4, -0.2) is 28.9 Å². The molecule has 0 aliphatic carbocycles. The van der Waals surface area contributed by atoms with Gasteiger partial charge in [0, 0.05) is 24.7 Å². The van der Waals surface area contributed by atoms with Crippen molar-refractivity contribution in [2.24, 2.45) is 0 Å². The van der Waals surface area contributed by atoms with Gasteiger partial charge < -0.3 is 10.4 Å². The molecule has 0 amide bonds. The van der Waals surface area contributed by atoms with E-state index in [9.17, 15) is 23.3 Å². The third kappa shape index (κ3) is 4.49. The fourth-order valence-electron chi connectivity index (χ4n) is 1.43. The number of hydrogen-bond donors (Lipinski definition) is 2. The van der Waals surface area contributed by atoms with Gasteiger partial charge in [0.25, 0.3) is 5.69 Å². The molecule has 2 N–H and O–H groups in total. The second kappa shape index (κ2) is 5.98. The molecule has 0 radical (unpaired) electrons. The van der Waals surface area contributed by atoms with Crippen LogP contribution in [0.2, 0.25) is 0 Å². The largest absolute Gasteiger partial charge is 0.415 e. The molecule has 0 aromatic heterocycles. The van der Waals surface area contributed by atoms with Gasteiger partial charge in [-0.15, -0.1) is 0 Å². The van der Waals surface area contributed by atoms with Crippen LogP contribution in [0.1, 0.15) is 18.5 Å². The lowest BCUT2D eigenvalue weighted by atomic mass is 10.1. The number of nitrogens with zero attached hydrogens (tertiary/aromatic N) is 1. The van der Waals surface area contributed by atoms with Gasteiger partial charge >= 0.3 is 6.18 Å². The van der Waals surface area contributed by atoms with Gasteiger partial charge in [0.1, 0.15) is 0 Å². The minimum Gasteiger partial charge on any atom is -0.382 e. The van der Waals surface area contributed by atoms with E-state index in [2.05, 4.69) is 5.32 Å². The van der Waals surface area contributed by atoms with Crippen LogP contribution < -0.4 is 5.32 Å². The van der Waals surface area contributed by atoms with Gasteiger partial charge in [0.15, 0.2) is 6.10 Å². The highest BCUT2D eigenvalue weighted by atomic mass is 19.4. The number of hydrogen-bond acceptors (Lipinski definition) is 4. The highest BCUT2D eigenvalue weighted by molar-refractivity contribution is 5.35. The van der Waals surface area contributed by atoms with Crippen molar-refractivity contribution in [1.29, 1.82) is 0 Å². The first kappa shape index (κ1) is 15.4. The predicted octanol–water partition coefficient (Wildman–Crippen LogP) is 2.17. The summed E-state index contributed by atoms with van der Waals surface area (Å²) in [6, 6.07) is 5.03. The molecule has 0 aliphatic rings. The first-order valence-corrected chi connectivity index (χ1v) is 5.44. The molecule has 1 rings (SSSR count). The molecule has 0 saturated heterocycles.